The maximum absolute atomic E-state index is 9.67. The number of rotatable bonds is 2. The highest BCUT2D eigenvalue weighted by molar-refractivity contribution is 4.80. The molecule has 0 bridgehead atoms. The summed E-state index contributed by atoms with van der Waals surface area (Å²) in [6, 6.07) is 0. The zero-order chi connectivity index (χ0) is 10.0. The van der Waals surface area contributed by atoms with Crippen LogP contribution in [0.15, 0.2) is 0 Å². The molecule has 2 heteroatoms. The Balaban J connectivity index is 2.52. The van der Waals surface area contributed by atoms with Crippen molar-refractivity contribution >= 4 is 0 Å². The highest BCUT2D eigenvalue weighted by Crippen LogP contribution is 2.27. The van der Waals surface area contributed by atoms with E-state index in [9.17, 15) is 5.11 Å². The lowest BCUT2D eigenvalue weighted by atomic mass is 9.90. The molecule has 1 heterocycles. The van der Waals surface area contributed by atoms with Crippen molar-refractivity contribution in [3.05, 3.63) is 0 Å². The Morgan fingerprint density at radius 3 is 1.69 bits per heavy atom. The van der Waals surface area contributed by atoms with Crippen molar-refractivity contribution < 1.29 is 9.84 Å². The molecule has 1 fully saturated rings. The van der Waals surface area contributed by atoms with Gasteiger partial charge >= 0.3 is 0 Å². The Morgan fingerprint density at radius 2 is 1.38 bits per heavy atom. The Morgan fingerprint density at radius 1 is 1.00 bits per heavy atom. The van der Waals surface area contributed by atoms with Gasteiger partial charge in [0.05, 0.1) is 18.3 Å². The molecule has 0 spiro atoms. The third-order valence-corrected chi connectivity index (χ3v) is 2.85. The zero-order valence-electron chi connectivity index (χ0n) is 9.16. The molecule has 1 saturated heterocycles. The van der Waals surface area contributed by atoms with Crippen molar-refractivity contribution in [1.29, 1.82) is 0 Å². The maximum Gasteiger partial charge on any atom is 0.0626 e. The summed E-state index contributed by atoms with van der Waals surface area (Å²) < 4.78 is 5.92. The fourth-order valence-electron chi connectivity index (χ4n) is 1.83. The SMILES string of the molecule is CC(C)[C@@H]1CC(O)C[C@H](C(C)C)O1. The average Bonchev–Trinajstić information content (AvgIpc) is 2.03. The topological polar surface area (TPSA) is 29.5 Å². The van der Waals surface area contributed by atoms with Gasteiger partial charge in [-0.2, -0.15) is 0 Å². The minimum atomic E-state index is -0.159. The van der Waals surface area contributed by atoms with Gasteiger partial charge in [0.1, 0.15) is 0 Å². The highest BCUT2D eigenvalue weighted by atomic mass is 16.5. The predicted octanol–water partition coefficient (Wildman–Crippen LogP) is 2.21. The summed E-state index contributed by atoms with van der Waals surface area (Å²) in [7, 11) is 0. The van der Waals surface area contributed by atoms with Gasteiger partial charge in [0, 0.05) is 0 Å². The van der Waals surface area contributed by atoms with Crippen molar-refractivity contribution in [1.82, 2.24) is 0 Å². The smallest absolute Gasteiger partial charge is 0.0626 e. The fourth-order valence-corrected chi connectivity index (χ4v) is 1.83. The van der Waals surface area contributed by atoms with Crippen LogP contribution in [0.4, 0.5) is 0 Å². The molecule has 1 unspecified atom stereocenters. The van der Waals surface area contributed by atoms with Crippen LogP contribution in [0.5, 0.6) is 0 Å². The van der Waals surface area contributed by atoms with Crippen LogP contribution in [0.25, 0.3) is 0 Å². The Labute approximate surface area is 81.3 Å². The fraction of sp³-hybridized carbons (Fsp3) is 1.00. The molecule has 78 valence electrons. The molecule has 3 atom stereocenters. The van der Waals surface area contributed by atoms with E-state index < -0.39 is 0 Å². The van der Waals surface area contributed by atoms with E-state index in [-0.39, 0.29) is 18.3 Å². The lowest BCUT2D eigenvalue weighted by molar-refractivity contribution is -0.127. The second kappa shape index (κ2) is 4.43. The molecule has 0 radical (unpaired) electrons. The number of ether oxygens (including phenoxy) is 1. The van der Waals surface area contributed by atoms with Gasteiger partial charge in [-0.3, -0.25) is 0 Å². The van der Waals surface area contributed by atoms with E-state index in [4.69, 9.17) is 4.74 Å². The van der Waals surface area contributed by atoms with Crippen LogP contribution < -0.4 is 0 Å². The summed E-state index contributed by atoms with van der Waals surface area (Å²) in [6.45, 7) is 8.61. The molecule has 0 aromatic heterocycles. The predicted molar refractivity (Wildman–Crippen MR) is 53.6 cm³/mol. The van der Waals surface area contributed by atoms with Crippen molar-refractivity contribution in [2.24, 2.45) is 11.8 Å². The van der Waals surface area contributed by atoms with Gasteiger partial charge in [0.25, 0.3) is 0 Å². The Kier molecular flexibility index (Phi) is 3.74. The van der Waals surface area contributed by atoms with Crippen molar-refractivity contribution in [2.75, 3.05) is 0 Å². The van der Waals surface area contributed by atoms with Crippen LogP contribution in [0.3, 0.4) is 0 Å². The lowest BCUT2D eigenvalue weighted by Crippen LogP contribution is -2.40. The van der Waals surface area contributed by atoms with E-state index in [2.05, 4.69) is 27.7 Å². The van der Waals surface area contributed by atoms with Crippen LogP contribution in [0.1, 0.15) is 40.5 Å². The number of hydrogen-bond acceptors (Lipinski definition) is 2. The van der Waals surface area contributed by atoms with E-state index in [0.717, 1.165) is 12.8 Å². The number of aliphatic hydroxyl groups is 1. The van der Waals surface area contributed by atoms with Crippen LogP contribution in [0.2, 0.25) is 0 Å². The van der Waals surface area contributed by atoms with Crippen molar-refractivity contribution in [3.8, 4) is 0 Å². The van der Waals surface area contributed by atoms with Gasteiger partial charge in [0.2, 0.25) is 0 Å². The molecular formula is C11H22O2. The highest BCUT2D eigenvalue weighted by Gasteiger charge is 2.31. The maximum atomic E-state index is 9.67. The van der Waals surface area contributed by atoms with E-state index in [0.29, 0.717) is 11.8 Å². The molecule has 2 nitrogen and oxygen atoms in total. The van der Waals surface area contributed by atoms with Gasteiger partial charge < -0.3 is 9.84 Å². The van der Waals surface area contributed by atoms with Crippen LogP contribution in [0, 0.1) is 11.8 Å². The standard InChI is InChI=1S/C11H22O2/c1-7(2)10-5-9(12)6-11(13-10)8(3)4/h7-12H,5-6H2,1-4H3/t9?,10-,11+. The molecule has 13 heavy (non-hydrogen) atoms. The van der Waals surface area contributed by atoms with Crippen LogP contribution in [-0.4, -0.2) is 23.4 Å². The van der Waals surface area contributed by atoms with Crippen molar-refractivity contribution in [2.45, 2.75) is 58.8 Å². The normalized spacial score (nSPS) is 35.8. The third-order valence-electron chi connectivity index (χ3n) is 2.85. The van der Waals surface area contributed by atoms with Crippen LogP contribution >= 0.6 is 0 Å². The monoisotopic (exact) mass is 186 g/mol. The molecule has 0 aliphatic carbocycles. The Hall–Kier alpha value is -0.0800. The molecule has 0 aromatic rings. The number of hydrogen-bond donors (Lipinski definition) is 1. The molecule has 0 amide bonds. The van der Waals surface area contributed by atoms with Gasteiger partial charge in [-0.25, -0.2) is 0 Å². The first-order valence-electron chi connectivity index (χ1n) is 5.34. The minimum Gasteiger partial charge on any atom is -0.393 e. The first kappa shape index (κ1) is 11.0. The first-order chi connectivity index (χ1) is 6.00. The van der Waals surface area contributed by atoms with Crippen LogP contribution in [-0.2, 0) is 4.74 Å². The summed E-state index contributed by atoms with van der Waals surface area (Å²) in [5.74, 6) is 1.02. The second-order valence-electron chi connectivity index (χ2n) is 4.83. The quantitative estimate of drug-likeness (QED) is 0.716. The molecule has 1 aliphatic rings. The zero-order valence-corrected chi connectivity index (χ0v) is 9.16. The molecule has 0 saturated carbocycles. The lowest BCUT2D eigenvalue weighted by Gasteiger charge is -2.37. The molecular weight excluding hydrogens is 164 g/mol. The summed E-state index contributed by atoms with van der Waals surface area (Å²) in [5, 5.41) is 9.67. The minimum absolute atomic E-state index is 0.159. The van der Waals surface area contributed by atoms with Gasteiger partial charge in [0.15, 0.2) is 0 Å². The third kappa shape index (κ3) is 2.96. The second-order valence-corrected chi connectivity index (χ2v) is 4.83. The summed E-state index contributed by atoms with van der Waals surface area (Å²) >= 11 is 0. The van der Waals surface area contributed by atoms with Gasteiger partial charge in [-0.15, -0.1) is 0 Å². The Bertz CT molecular complexity index is 138. The summed E-state index contributed by atoms with van der Waals surface area (Å²) in [4.78, 5) is 0. The summed E-state index contributed by atoms with van der Waals surface area (Å²) in [6.07, 6.45) is 1.95. The van der Waals surface area contributed by atoms with Crippen molar-refractivity contribution in [3.63, 3.8) is 0 Å². The van der Waals surface area contributed by atoms with E-state index in [1.54, 1.807) is 0 Å². The van der Waals surface area contributed by atoms with E-state index >= 15 is 0 Å². The molecule has 1 N–H and O–H groups in total. The largest absolute Gasteiger partial charge is 0.393 e. The van der Waals surface area contributed by atoms with E-state index in [1.807, 2.05) is 0 Å². The number of aliphatic hydroxyl groups excluding tert-OH is 1. The molecule has 1 rings (SSSR count). The van der Waals surface area contributed by atoms with Gasteiger partial charge in [-0.1, -0.05) is 27.7 Å². The first-order valence-corrected chi connectivity index (χ1v) is 5.34. The average molecular weight is 186 g/mol. The van der Waals surface area contributed by atoms with Gasteiger partial charge in [-0.05, 0) is 24.7 Å². The summed E-state index contributed by atoms with van der Waals surface area (Å²) in [5.41, 5.74) is 0. The van der Waals surface area contributed by atoms with E-state index in [1.165, 1.54) is 0 Å². The molecule has 1 aliphatic heterocycles. The molecule has 0 aromatic carbocycles.